The quantitative estimate of drug-likeness (QED) is 0.649. The summed E-state index contributed by atoms with van der Waals surface area (Å²) >= 11 is 6.11. The van der Waals surface area contributed by atoms with E-state index in [0.29, 0.717) is 18.5 Å². The number of ether oxygens (including phenoxy) is 2. The molecule has 3 rings (SSSR count). The predicted octanol–water partition coefficient (Wildman–Crippen LogP) is 0.594. The third-order valence-electron chi connectivity index (χ3n) is 5.35. The molecular weight excluding hydrogens is 388 g/mol. The number of nitrogens with zero attached hydrogens (tertiary/aromatic N) is 2. The molecule has 1 heterocycles. The van der Waals surface area contributed by atoms with Gasteiger partial charge in [-0.1, -0.05) is 11.6 Å². The van der Waals surface area contributed by atoms with Crippen molar-refractivity contribution in [2.45, 2.75) is 55.8 Å². The zero-order valence-corrected chi connectivity index (χ0v) is 16.1. The summed E-state index contributed by atoms with van der Waals surface area (Å²) in [6.45, 7) is -0.441. The van der Waals surface area contributed by atoms with Gasteiger partial charge in [-0.15, -0.1) is 0 Å². The summed E-state index contributed by atoms with van der Waals surface area (Å²) in [7, 11) is 1.41. The number of benzene rings is 1. The zero-order chi connectivity index (χ0) is 20.4. The van der Waals surface area contributed by atoms with Gasteiger partial charge in [-0.05, 0) is 31.0 Å². The number of aliphatic hydroxyl groups is 3. The van der Waals surface area contributed by atoms with Gasteiger partial charge in [0, 0.05) is 24.2 Å². The molecule has 28 heavy (non-hydrogen) atoms. The molecule has 0 bridgehead atoms. The topological polar surface area (TPSA) is 123 Å². The van der Waals surface area contributed by atoms with E-state index in [9.17, 15) is 25.4 Å². The first-order valence-electron chi connectivity index (χ1n) is 9.08. The van der Waals surface area contributed by atoms with Gasteiger partial charge in [-0.2, -0.15) is 5.26 Å². The second-order valence-electron chi connectivity index (χ2n) is 7.09. The fourth-order valence-corrected chi connectivity index (χ4v) is 3.87. The predicted molar refractivity (Wildman–Crippen MR) is 99.8 cm³/mol. The van der Waals surface area contributed by atoms with Crippen LogP contribution in [0.1, 0.15) is 24.8 Å². The van der Waals surface area contributed by atoms with Gasteiger partial charge in [0.25, 0.3) is 5.91 Å². The Kier molecular flexibility index (Phi) is 6.55. The smallest absolute Gasteiger partial charge is 0.259 e. The van der Waals surface area contributed by atoms with Crippen LogP contribution in [0.2, 0.25) is 5.02 Å². The molecule has 0 radical (unpaired) electrons. The first-order chi connectivity index (χ1) is 13.4. The van der Waals surface area contributed by atoms with Crippen LogP contribution < -0.4 is 4.90 Å². The van der Waals surface area contributed by atoms with E-state index in [1.807, 2.05) is 6.07 Å². The maximum Gasteiger partial charge on any atom is 0.259 e. The first kappa shape index (κ1) is 21.0. The molecule has 2 aliphatic rings. The number of hydrogen-bond donors (Lipinski definition) is 3. The summed E-state index contributed by atoms with van der Waals surface area (Å²) in [6, 6.07) is 6.07. The number of carbonyl (C=O) groups is 1. The lowest BCUT2D eigenvalue weighted by Gasteiger charge is -2.45. The molecule has 3 N–H and O–H groups in total. The average molecular weight is 411 g/mol. The zero-order valence-electron chi connectivity index (χ0n) is 15.4. The van der Waals surface area contributed by atoms with Crippen LogP contribution >= 0.6 is 11.6 Å². The summed E-state index contributed by atoms with van der Waals surface area (Å²) in [5.41, 5.74) is 0.661. The molecular formula is C19H23ClN2O6. The van der Waals surface area contributed by atoms with Gasteiger partial charge in [0.2, 0.25) is 0 Å². The van der Waals surface area contributed by atoms with Crippen LogP contribution in [0.3, 0.4) is 0 Å². The fraction of sp³-hybridized carbons (Fsp3) is 0.579. The van der Waals surface area contributed by atoms with Crippen molar-refractivity contribution in [1.82, 2.24) is 0 Å². The van der Waals surface area contributed by atoms with Crippen molar-refractivity contribution in [3.63, 3.8) is 0 Å². The molecule has 1 saturated carbocycles. The van der Waals surface area contributed by atoms with Gasteiger partial charge in [-0.3, -0.25) is 4.79 Å². The maximum atomic E-state index is 13.4. The summed E-state index contributed by atoms with van der Waals surface area (Å²) in [5.74, 6) is -0.480. The van der Waals surface area contributed by atoms with Crippen molar-refractivity contribution in [3.8, 4) is 6.07 Å². The number of nitriles is 1. The molecule has 152 valence electrons. The van der Waals surface area contributed by atoms with Gasteiger partial charge in [0.05, 0.1) is 42.6 Å². The molecule has 1 aliphatic carbocycles. The third kappa shape index (κ3) is 4.01. The molecule has 2 fully saturated rings. The van der Waals surface area contributed by atoms with E-state index >= 15 is 0 Å². The van der Waals surface area contributed by atoms with Crippen molar-refractivity contribution in [1.29, 1.82) is 5.26 Å². The van der Waals surface area contributed by atoms with Crippen LogP contribution in [0, 0.1) is 11.3 Å². The lowest BCUT2D eigenvalue weighted by molar-refractivity contribution is -0.191. The molecule has 9 heteroatoms. The number of hydrogen-bond acceptors (Lipinski definition) is 7. The van der Waals surface area contributed by atoms with Crippen LogP contribution in [0.15, 0.2) is 18.2 Å². The number of aliphatic hydroxyl groups excluding tert-OH is 3. The standard InChI is InChI=1S/C19H23ClN2O6/c1-27-16-7-15(25)17(9-23)28-18(16)19(26)22(13-2-3-14(13)24)12-5-10(8-21)4-11(20)6-12/h4-6,13-18,23-25H,2-3,7,9H2,1H3/t13-,14-,15?,16?,17?,18?/m0/s1. The Morgan fingerprint density at radius 3 is 2.64 bits per heavy atom. The molecule has 1 saturated heterocycles. The number of carbonyl (C=O) groups excluding carboxylic acids is 1. The highest BCUT2D eigenvalue weighted by Crippen LogP contribution is 2.35. The van der Waals surface area contributed by atoms with Crippen molar-refractivity contribution in [2.75, 3.05) is 18.6 Å². The van der Waals surface area contributed by atoms with E-state index in [4.69, 9.17) is 21.1 Å². The molecule has 1 aromatic rings. The minimum atomic E-state index is -1.08. The van der Waals surface area contributed by atoms with Crippen molar-refractivity contribution >= 4 is 23.2 Å². The molecule has 0 aromatic heterocycles. The van der Waals surface area contributed by atoms with E-state index in [-0.39, 0.29) is 17.0 Å². The second kappa shape index (κ2) is 8.74. The lowest BCUT2D eigenvalue weighted by Crippen LogP contribution is -2.61. The van der Waals surface area contributed by atoms with E-state index < -0.39 is 49.1 Å². The normalized spacial score (nSPS) is 32.3. The largest absolute Gasteiger partial charge is 0.394 e. The van der Waals surface area contributed by atoms with Gasteiger partial charge in [0.1, 0.15) is 6.10 Å². The van der Waals surface area contributed by atoms with Gasteiger partial charge in [-0.25, -0.2) is 0 Å². The average Bonchev–Trinajstić information content (AvgIpc) is 2.69. The Labute approximate surface area is 167 Å². The third-order valence-corrected chi connectivity index (χ3v) is 5.57. The molecule has 8 nitrogen and oxygen atoms in total. The molecule has 1 aromatic carbocycles. The van der Waals surface area contributed by atoms with E-state index in [1.54, 1.807) is 6.07 Å². The number of anilines is 1. The summed E-state index contributed by atoms with van der Waals surface area (Å²) in [5, 5.41) is 39.2. The van der Waals surface area contributed by atoms with Gasteiger partial charge >= 0.3 is 0 Å². The molecule has 1 amide bonds. The van der Waals surface area contributed by atoms with Crippen LogP contribution in [-0.4, -0.2) is 71.5 Å². The highest BCUT2D eigenvalue weighted by Gasteiger charge is 2.46. The van der Waals surface area contributed by atoms with Gasteiger partial charge in [0.15, 0.2) is 6.10 Å². The summed E-state index contributed by atoms with van der Waals surface area (Å²) in [6.07, 6.45) is -3.13. The number of rotatable bonds is 5. The second-order valence-corrected chi connectivity index (χ2v) is 7.52. The van der Waals surface area contributed by atoms with Crippen molar-refractivity contribution < 1.29 is 29.6 Å². The fourth-order valence-electron chi connectivity index (χ4n) is 3.64. The Bertz CT molecular complexity index is 769. The monoisotopic (exact) mass is 410 g/mol. The molecule has 6 atom stereocenters. The number of methoxy groups -OCH3 is 1. The van der Waals surface area contributed by atoms with Crippen LogP contribution in [0.25, 0.3) is 0 Å². The minimum Gasteiger partial charge on any atom is -0.394 e. The van der Waals surface area contributed by atoms with E-state index in [2.05, 4.69) is 0 Å². The first-order valence-corrected chi connectivity index (χ1v) is 9.46. The molecule has 0 spiro atoms. The van der Waals surface area contributed by atoms with Crippen molar-refractivity contribution in [3.05, 3.63) is 28.8 Å². The molecule has 4 unspecified atom stereocenters. The molecule has 1 aliphatic heterocycles. The summed E-state index contributed by atoms with van der Waals surface area (Å²) < 4.78 is 11.0. The van der Waals surface area contributed by atoms with Crippen molar-refractivity contribution in [2.24, 2.45) is 0 Å². The van der Waals surface area contributed by atoms with E-state index in [0.717, 1.165) is 0 Å². The van der Waals surface area contributed by atoms with Gasteiger partial charge < -0.3 is 29.7 Å². The van der Waals surface area contributed by atoms with Crippen LogP contribution in [-0.2, 0) is 14.3 Å². The Morgan fingerprint density at radius 1 is 1.36 bits per heavy atom. The number of halogens is 1. The highest BCUT2D eigenvalue weighted by molar-refractivity contribution is 6.31. The number of amides is 1. The van der Waals surface area contributed by atoms with Crippen LogP contribution in [0.5, 0.6) is 0 Å². The lowest BCUT2D eigenvalue weighted by atomic mass is 9.86. The Balaban J connectivity index is 1.97. The minimum absolute atomic E-state index is 0.123. The SMILES string of the molecule is COC1CC(O)C(CO)OC1C(=O)N(c1cc(Cl)cc(C#N)c1)[C@H]1CC[C@@H]1O. The Hall–Kier alpha value is -1.73. The summed E-state index contributed by atoms with van der Waals surface area (Å²) in [4.78, 5) is 14.8. The Morgan fingerprint density at radius 2 is 2.11 bits per heavy atom. The highest BCUT2D eigenvalue weighted by atomic mass is 35.5. The van der Waals surface area contributed by atoms with Crippen LogP contribution in [0.4, 0.5) is 5.69 Å². The van der Waals surface area contributed by atoms with E-state index in [1.165, 1.54) is 24.1 Å². The maximum absolute atomic E-state index is 13.4.